The van der Waals surface area contributed by atoms with E-state index in [1.165, 1.54) is 5.56 Å². The van der Waals surface area contributed by atoms with Crippen molar-refractivity contribution >= 4 is 11.8 Å². The second-order valence-electron chi connectivity index (χ2n) is 7.57. The summed E-state index contributed by atoms with van der Waals surface area (Å²) in [5, 5.41) is 3.02. The van der Waals surface area contributed by atoms with E-state index >= 15 is 0 Å². The first-order chi connectivity index (χ1) is 11.5. The van der Waals surface area contributed by atoms with Crippen molar-refractivity contribution in [2.24, 2.45) is 11.8 Å². The van der Waals surface area contributed by atoms with Gasteiger partial charge in [-0.25, -0.2) is 0 Å². The standard InChI is InChI=1S/C20H28N2O2/c1-14(2)20(24)22-11-9-16(10-12-22)13-15-3-5-17(6-4-15)19(23)21-18-7-8-18/h3-6,14,16,18H,7-13H2,1-2H3,(H,21,23). The summed E-state index contributed by atoms with van der Waals surface area (Å²) < 4.78 is 0. The average Bonchev–Trinajstić information content (AvgIpc) is 3.39. The molecule has 1 heterocycles. The molecule has 0 radical (unpaired) electrons. The molecule has 24 heavy (non-hydrogen) atoms. The molecule has 0 bridgehead atoms. The number of rotatable bonds is 5. The van der Waals surface area contributed by atoms with Crippen molar-refractivity contribution in [3.63, 3.8) is 0 Å². The highest BCUT2D eigenvalue weighted by Crippen LogP contribution is 2.23. The molecule has 1 N–H and O–H groups in total. The molecular formula is C20H28N2O2. The summed E-state index contributed by atoms with van der Waals surface area (Å²) in [7, 11) is 0. The lowest BCUT2D eigenvalue weighted by atomic mass is 9.89. The second-order valence-corrected chi connectivity index (χ2v) is 7.57. The lowest BCUT2D eigenvalue weighted by molar-refractivity contribution is -0.135. The van der Waals surface area contributed by atoms with E-state index in [2.05, 4.69) is 17.4 Å². The number of nitrogens with one attached hydrogen (secondary N) is 1. The van der Waals surface area contributed by atoms with E-state index in [4.69, 9.17) is 0 Å². The number of nitrogens with zero attached hydrogens (tertiary/aromatic N) is 1. The highest BCUT2D eigenvalue weighted by molar-refractivity contribution is 5.94. The van der Waals surface area contributed by atoms with Gasteiger partial charge in [0.1, 0.15) is 0 Å². The van der Waals surface area contributed by atoms with Crippen LogP contribution in [-0.2, 0) is 11.2 Å². The molecule has 2 aliphatic rings. The van der Waals surface area contributed by atoms with Gasteiger partial charge in [0.2, 0.25) is 5.91 Å². The van der Waals surface area contributed by atoms with Gasteiger partial charge in [0.25, 0.3) is 5.91 Å². The van der Waals surface area contributed by atoms with Crippen LogP contribution in [0, 0.1) is 11.8 Å². The fourth-order valence-electron chi connectivity index (χ4n) is 3.34. The number of amides is 2. The van der Waals surface area contributed by atoms with Crippen molar-refractivity contribution in [1.82, 2.24) is 10.2 Å². The lowest BCUT2D eigenvalue weighted by Gasteiger charge is -2.33. The van der Waals surface area contributed by atoms with Crippen LogP contribution in [0.1, 0.15) is 55.5 Å². The predicted octanol–water partition coefficient (Wildman–Crippen LogP) is 3.02. The summed E-state index contributed by atoms with van der Waals surface area (Å²) in [5.74, 6) is 1.05. The summed E-state index contributed by atoms with van der Waals surface area (Å²) in [6, 6.07) is 8.42. The molecule has 1 aliphatic carbocycles. The predicted molar refractivity (Wildman–Crippen MR) is 94.8 cm³/mol. The van der Waals surface area contributed by atoms with Crippen molar-refractivity contribution in [1.29, 1.82) is 0 Å². The highest BCUT2D eigenvalue weighted by atomic mass is 16.2. The van der Waals surface area contributed by atoms with Crippen LogP contribution in [0.5, 0.6) is 0 Å². The van der Waals surface area contributed by atoms with Gasteiger partial charge in [-0.3, -0.25) is 9.59 Å². The number of benzene rings is 1. The highest BCUT2D eigenvalue weighted by Gasteiger charge is 2.25. The van der Waals surface area contributed by atoms with E-state index < -0.39 is 0 Å². The summed E-state index contributed by atoms with van der Waals surface area (Å²) in [6.07, 6.45) is 5.41. The fraction of sp³-hybridized carbons (Fsp3) is 0.600. The minimum absolute atomic E-state index is 0.0459. The van der Waals surface area contributed by atoms with Crippen molar-refractivity contribution in [3.8, 4) is 0 Å². The number of piperidine rings is 1. The third-order valence-electron chi connectivity index (χ3n) is 5.07. The Morgan fingerprint density at radius 1 is 1.08 bits per heavy atom. The molecule has 1 aliphatic heterocycles. The zero-order chi connectivity index (χ0) is 17.1. The van der Waals surface area contributed by atoms with Gasteiger partial charge in [-0.1, -0.05) is 26.0 Å². The van der Waals surface area contributed by atoms with Crippen molar-refractivity contribution in [2.45, 2.75) is 52.0 Å². The topological polar surface area (TPSA) is 49.4 Å². The molecule has 2 fully saturated rings. The van der Waals surface area contributed by atoms with Crippen LogP contribution in [0.2, 0.25) is 0 Å². The molecule has 4 nitrogen and oxygen atoms in total. The maximum atomic E-state index is 12.0. The van der Waals surface area contributed by atoms with Gasteiger partial charge in [0.05, 0.1) is 0 Å². The molecule has 3 rings (SSSR count). The Labute approximate surface area is 144 Å². The molecule has 1 saturated heterocycles. The molecule has 0 aromatic heterocycles. The van der Waals surface area contributed by atoms with Gasteiger partial charge < -0.3 is 10.2 Å². The van der Waals surface area contributed by atoms with E-state index in [1.54, 1.807) is 0 Å². The molecule has 130 valence electrons. The first-order valence-electron chi connectivity index (χ1n) is 9.21. The Morgan fingerprint density at radius 3 is 2.25 bits per heavy atom. The van der Waals surface area contributed by atoms with Crippen molar-refractivity contribution < 1.29 is 9.59 Å². The number of likely N-dealkylation sites (tertiary alicyclic amines) is 1. The molecule has 2 amide bonds. The van der Waals surface area contributed by atoms with Crippen LogP contribution in [0.25, 0.3) is 0 Å². The van der Waals surface area contributed by atoms with Crippen molar-refractivity contribution in [2.75, 3.05) is 13.1 Å². The first kappa shape index (κ1) is 17.0. The maximum Gasteiger partial charge on any atom is 0.251 e. The third kappa shape index (κ3) is 4.37. The average molecular weight is 328 g/mol. The number of hydrogen-bond donors (Lipinski definition) is 1. The second kappa shape index (κ2) is 7.37. The van der Waals surface area contributed by atoms with Crippen molar-refractivity contribution in [3.05, 3.63) is 35.4 Å². The zero-order valence-corrected chi connectivity index (χ0v) is 14.8. The largest absolute Gasteiger partial charge is 0.349 e. The van der Waals surface area contributed by atoms with Gasteiger partial charge in [-0.2, -0.15) is 0 Å². The minimum Gasteiger partial charge on any atom is -0.349 e. The summed E-state index contributed by atoms with van der Waals surface area (Å²) in [5.41, 5.74) is 2.04. The first-order valence-corrected chi connectivity index (χ1v) is 9.21. The zero-order valence-electron chi connectivity index (χ0n) is 14.8. The van der Waals surface area contributed by atoms with E-state index in [0.29, 0.717) is 12.0 Å². The van der Waals surface area contributed by atoms with Crippen LogP contribution >= 0.6 is 0 Å². The number of hydrogen-bond acceptors (Lipinski definition) is 2. The quantitative estimate of drug-likeness (QED) is 0.903. The van der Waals surface area contributed by atoms with Crippen LogP contribution in [0.4, 0.5) is 0 Å². The molecule has 0 atom stereocenters. The Kier molecular flexibility index (Phi) is 5.22. The molecule has 4 heteroatoms. The van der Waals surface area contributed by atoms with Gasteiger partial charge in [0.15, 0.2) is 0 Å². The lowest BCUT2D eigenvalue weighted by Crippen LogP contribution is -2.40. The summed E-state index contributed by atoms with van der Waals surface area (Å²) >= 11 is 0. The third-order valence-corrected chi connectivity index (χ3v) is 5.07. The molecule has 0 spiro atoms. The van der Waals surface area contributed by atoms with E-state index in [9.17, 15) is 9.59 Å². The Morgan fingerprint density at radius 2 is 1.71 bits per heavy atom. The fourth-order valence-corrected chi connectivity index (χ4v) is 3.34. The summed E-state index contributed by atoms with van der Waals surface area (Å²) in [4.78, 5) is 26.0. The van der Waals surface area contributed by atoms with Crippen LogP contribution in [0.3, 0.4) is 0 Å². The van der Waals surface area contributed by atoms with Gasteiger partial charge >= 0.3 is 0 Å². The molecule has 1 saturated carbocycles. The Hall–Kier alpha value is -1.84. The molecule has 1 aromatic rings. The normalized spacial score (nSPS) is 18.7. The van der Waals surface area contributed by atoms with E-state index in [1.807, 2.05) is 30.9 Å². The van der Waals surface area contributed by atoms with Crippen LogP contribution < -0.4 is 5.32 Å². The molecule has 1 aromatic carbocycles. The van der Waals surface area contributed by atoms with E-state index in [-0.39, 0.29) is 17.7 Å². The number of carbonyl (C=O) groups is 2. The Bertz CT molecular complexity index is 582. The van der Waals surface area contributed by atoms with Gasteiger partial charge in [-0.15, -0.1) is 0 Å². The number of carbonyl (C=O) groups excluding carboxylic acids is 2. The van der Waals surface area contributed by atoms with Crippen LogP contribution in [0.15, 0.2) is 24.3 Å². The SMILES string of the molecule is CC(C)C(=O)N1CCC(Cc2ccc(C(=O)NC3CC3)cc2)CC1. The van der Waals surface area contributed by atoms with Crippen LogP contribution in [-0.4, -0.2) is 35.8 Å². The smallest absolute Gasteiger partial charge is 0.251 e. The van der Waals surface area contributed by atoms with Gasteiger partial charge in [-0.05, 0) is 55.7 Å². The Balaban J connectivity index is 1.48. The minimum atomic E-state index is 0.0459. The monoisotopic (exact) mass is 328 g/mol. The molecule has 0 unspecified atom stereocenters. The maximum absolute atomic E-state index is 12.0. The van der Waals surface area contributed by atoms with E-state index in [0.717, 1.165) is 50.8 Å². The molecular weight excluding hydrogens is 300 g/mol. The van der Waals surface area contributed by atoms with Gasteiger partial charge in [0, 0.05) is 30.6 Å². The summed E-state index contributed by atoms with van der Waals surface area (Å²) in [6.45, 7) is 5.69.